The maximum Gasteiger partial charge on any atom is 0.470 e. The lowest BCUT2D eigenvalue weighted by molar-refractivity contribution is -0.185. The van der Waals surface area contributed by atoms with Crippen LogP contribution in [0.1, 0.15) is 40.0 Å². The molecule has 2 unspecified atom stereocenters. The van der Waals surface area contributed by atoms with Crippen LogP contribution in [0, 0.1) is 34.5 Å². The predicted molar refractivity (Wildman–Crippen MR) is 111 cm³/mol. The largest absolute Gasteiger partial charge is 0.470 e. The zero-order valence-electron chi connectivity index (χ0n) is 18.3. The highest BCUT2D eigenvalue weighted by atomic mass is 31.2. The van der Waals surface area contributed by atoms with Gasteiger partial charge in [0.05, 0.1) is 6.10 Å². The van der Waals surface area contributed by atoms with E-state index in [1.54, 1.807) is 19.9 Å². The van der Waals surface area contributed by atoms with E-state index >= 15 is 4.39 Å². The summed E-state index contributed by atoms with van der Waals surface area (Å²) in [7, 11) is -4.91. The van der Waals surface area contributed by atoms with E-state index in [0.717, 1.165) is 0 Å². The van der Waals surface area contributed by atoms with Gasteiger partial charge in [-0.15, -0.1) is 0 Å². The van der Waals surface area contributed by atoms with Crippen molar-refractivity contribution in [3.63, 3.8) is 0 Å². The molecule has 0 aromatic rings. The molecular formula is C22H30FO8P. The molecule has 4 N–H and O–H groups in total. The molecule has 4 aliphatic carbocycles. The topological polar surface area (TPSA) is 141 Å². The summed E-state index contributed by atoms with van der Waals surface area (Å²) in [6.07, 6.45) is 2.54. The van der Waals surface area contributed by atoms with E-state index in [9.17, 15) is 24.4 Å². The normalized spacial score (nSPS) is 48.0. The van der Waals surface area contributed by atoms with Gasteiger partial charge in [-0.2, -0.15) is 0 Å². The number of aliphatic hydroxyl groups is 2. The molecule has 0 bridgehead atoms. The first kappa shape index (κ1) is 23.9. The monoisotopic (exact) mass is 472 g/mol. The summed E-state index contributed by atoms with van der Waals surface area (Å²) in [5.41, 5.74) is -3.61. The first-order valence-corrected chi connectivity index (χ1v) is 12.4. The van der Waals surface area contributed by atoms with Crippen LogP contribution < -0.4 is 0 Å². The second kappa shape index (κ2) is 7.39. The van der Waals surface area contributed by atoms with Crippen molar-refractivity contribution < 1.29 is 43.1 Å². The summed E-state index contributed by atoms with van der Waals surface area (Å²) in [4.78, 5) is 42.8. The standard InChI is InChI=1S/C22H30FO8P/c1-11-6-14-13-8-16(23)15-7-12(24)4-5-20(15,2)19(13)17(25)9-21(14,3)22(11,27)18(26)10-31-32(28,29)30/h4-5,7,11,13-14,16-17,19,25,27H,6,8-10H2,1-3H3,(H2,28,29,30)/t11-,13+,14+,16?,17?,19-,20+,21+,22+/m1/s1. The predicted octanol–water partition coefficient (Wildman–Crippen LogP) is 1.87. The number of ketones is 2. The molecule has 10 heteroatoms. The number of allylic oxidation sites excluding steroid dienone is 4. The molecule has 32 heavy (non-hydrogen) atoms. The van der Waals surface area contributed by atoms with Crippen molar-refractivity contribution in [2.75, 3.05) is 6.61 Å². The highest BCUT2D eigenvalue weighted by molar-refractivity contribution is 7.46. The van der Waals surface area contributed by atoms with Crippen LogP contribution in [-0.4, -0.2) is 56.0 Å². The summed E-state index contributed by atoms with van der Waals surface area (Å²) in [6.45, 7) is 4.24. The van der Waals surface area contributed by atoms with Gasteiger partial charge in [-0.1, -0.05) is 26.8 Å². The minimum Gasteiger partial charge on any atom is -0.393 e. The Hall–Kier alpha value is -1.22. The Labute approximate surface area is 185 Å². The maximum atomic E-state index is 15.3. The van der Waals surface area contributed by atoms with Gasteiger partial charge < -0.3 is 20.0 Å². The minimum atomic E-state index is -4.91. The molecule has 0 amide bonds. The van der Waals surface area contributed by atoms with Crippen LogP contribution in [0.15, 0.2) is 23.8 Å². The molecule has 178 valence electrons. The summed E-state index contributed by atoms with van der Waals surface area (Å²) in [5, 5.41) is 22.9. The van der Waals surface area contributed by atoms with E-state index in [1.165, 1.54) is 12.2 Å². The number of fused-ring (bicyclic) bond motifs is 5. The van der Waals surface area contributed by atoms with Crippen molar-refractivity contribution in [2.45, 2.75) is 57.9 Å². The zero-order valence-corrected chi connectivity index (χ0v) is 19.2. The van der Waals surface area contributed by atoms with E-state index in [2.05, 4.69) is 4.52 Å². The summed E-state index contributed by atoms with van der Waals surface area (Å²) in [5.74, 6) is -2.77. The molecule has 4 aliphatic rings. The lowest BCUT2D eigenvalue weighted by Gasteiger charge is -2.60. The molecule has 0 saturated heterocycles. The van der Waals surface area contributed by atoms with Gasteiger partial charge in [-0.05, 0) is 54.7 Å². The van der Waals surface area contributed by atoms with Crippen LogP contribution in [0.2, 0.25) is 0 Å². The molecule has 0 aromatic heterocycles. The number of carbonyl (C=O) groups excluding carboxylic acids is 2. The van der Waals surface area contributed by atoms with Gasteiger partial charge in [-0.25, -0.2) is 8.96 Å². The Morgan fingerprint density at radius 2 is 1.97 bits per heavy atom. The van der Waals surface area contributed by atoms with Crippen LogP contribution in [0.4, 0.5) is 4.39 Å². The Morgan fingerprint density at radius 3 is 2.59 bits per heavy atom. The SMILES string of the molecule is C[C@@H]1C[C@H]2[C@@H]3CC(F)C4=CC(=O)C=C[C@]4(C)[C@H]3C(O)C[C@]2(C)[C@@]1(O)C(=O)COP(=O)(O)O. The van der Waals surface area contributed by atoms with E-state index < -0.39 is 54.8 Å². The third-order valence-electron chi connectivity index (χ3n) is 8.85. The molecule has 0 radical (unpaired) electrons. The molecule has 0 aromatic carbocycles. The van der Waals surface area contributed by atoms with E-state index in [0.29, 0.717) is 12.0 Å². The molecule has 0 spiro atoms. The number of rotatable bonds is 4. The van der Waals surface area contributed by atoms with E-state index in [-0.39, 0.29) is 36.4 Å². The highest BCUT2D eigenvalue weighted by Gasteiger charge is 2.71. The number of carbonyl (C=O) groups is 2. The second-order valence-corrected chi connectivity index (χ2v) is 11.6. The minimum absolute atomic E-state index is 0.0585. The van der Waals surface area contributed by atoms with Crippen molar-refractivity contribution in [2.24, 2.45) is 34.5 Å². The second-order valence-electron chi connectivity index (χ2n) is 10.4. The van der Waals surface area contributed by atoms with Crippen molar-refractivity contribution >= 4 is 19.4 Å². The van der Waals surface area contributed by atoms with Crippen LogP contribution in [0.3, 0.4) is 0 Å². The van der Waals surface area contributed by atoms with Crippen LogP contribution in [-0.2, 0) is 18.7 Å². The Morgan fingerprint density at radius 1 is 1.31 bits per heavy atom. The Balaban J connectivity index is 1.72. The fourth-order valence-electron chi connectivity index (χ4n) is 7.52. The molecule has 3 fully saturated rings. The first-order chi connectivity index (χ1) is 14.6. The fourth-order valence-corrected chi connectivity index (χ4v) is 7.80. The van der Waals surface area contributed by atoms with Crippen molar-refractivity contribution in [3.05, 3.63) is 23.8 Å². The lowest BCUT2D eigenvalue weighted by atomic mass is 9.46. The maximum absolute atomic E-state index is 15.3. The van der Waals surface area contributed by atoms with Crippen molar-refractivity contribution in [3.8, 4) is 0 Å². The number of aliphatic hydroxyl groups excluding tert-OH is 1. The van der Waals surface area contributed by atoms with Crippen molar-refractivity contribution in [1.29, 1.82) is 0 Å². The Kier molecular flexibility index (Phi) is 5.52. The molecule has 3 saturated carbocycles. The zero-order chi connectivity index (χ0) is 23.9. The van der Waals surface area contributed by atoms with Gasteiger partial charge in [0.15, 0.2) is 11.6 Å². The number of phosphoric ester groups is 1. The number of Topliss-reactive ketones (excluding diaryl/α,β-unsaturated/α-hetero) is 1. The first-order valence-electron chi connectivity index (χ1n) is 10.9. The van der Waals surface area contributed by atoms with Gasteiger partial charge in [0.2, 0.25) is 0 Å². The number of alkyl halides is 1. The molecule has 4 rings (SSSR count). The highest BCUT2D eigenvalue weighted by Crippen LogP contribution is 2.68. The van der Waals surface area contributed by atoms with Crippen LogP contribution in [0.25, 0.3) is 0 Å². The summed E-state index contributed by atoms with van der Waals surface area (Å²) >= 11 is 0. The van der Waals surface area contributed by atoms with E-state index in [4.69, 9.17) is 9.79 Å². The quantitative estimate of drug-likeness (QED) is 0.455. The van der Waals surface area contributed by atoms with E-state index in [1.807, 2.05) is 6.92 Å². The molecule has 8 nitrogen and oxygen atoms in total. The van der Waals surface area contributed by atoms with Crippen LogP contribution in [0.5, 0.6) is 0 Å². The number of phosphoric acid groups is 1. The average Bonchev–Trinajstić information content (AvgIpc) is 2.88. The average molecular weight is 472 g/mol. The summed E-state index contributed by atoms with van der Waals surface area (Å²) < 4.78 is 30.8. The van der Waals surface area contributed by atoms with Gasteiger partial charge in [0.25, 0.3) is 0 Å². The molecule has 0 aliphatic heterocycles. The molecule has 9 atom stereocenters. The number of halogens is 1. The fraction of sp³-hybridized carbons (Fsp3) is 0.727. The smallest absolute Gasteiger partial charge is 0.393 e. The molecule has 0 heterocycles. The number of hydrogen-bond donors (Lipinski definition) is 4. The lowest BCUT2D eigenvalue weighted by Crippen LogP contribution is -2.63. The van der Waals surface area contributed by atoms with Gasteiger partial charge in [0.1, 0.15) is 18.4 Å². The summed E-state index contributed by atoms with van der Waals surface area (Å²) in [6, 6.07) is 0. The van der Waals surface area contributed by atoms with Gasteiger partial charge >= 0.3 is 7.82 Å². The third-order valence-corrected chi connectivity index (χ3v) is 9.31. The molecular weight excluding hydrogens is 442 g/mol. The van der Waals surface area contributed by atoms with Crippen LogP contribution >= 0.6 is 7.82 Å². The number of hydrogen-bond acceptors (Lipinski definition) is 6. The Bertz CT molecular complexity index is 958. The van der Waals surface area contributed by atoms with Gasteiger partial charge in [0, 0.05) is 16.7 Å². The third kappa shape index (κ3) is 3.24. The van der Waals surface area contributed by atoms with Crippen molar-refractivity contribution in [1.82, 2.24) is 0 Å². The van der Waals surface area contributed by atoms with Gasteiger partial charge in [-0.3, -0.25) is 14.1 Å².